The van der Waals surface area contributed by atoms with Gasteiger partial charge in [0.25, 0.3) is 12.5 Å². The highest BCUT2D eigenvalue weighted by molar-refractivity contribution is 5.76. The first-order valence-corrected chi connectivity index (χ1v) is 10.4. The summed E-state index contributed by atoms with van der Waals surface area (Å²) in [5.41, 5.74) is 9.04. The molecular weight excluding hydrogens is 425 g/mol. The second-order valence-corrected chi connectivity index (χ2v) is 7.77. The van der Waals surface area contributed by atoms with Crippen molar-refractivity contribution in [2.75, 3.05) is 6.61 Å². The zero-order chi connectivity index (χ0) is 24.0. The predicted octanol–water partition coefficient (Wildman–Crippen LogP) is 4.27. The zero-order valence-corrected chi connectivity index (χ0v) is 18.7. The van der Waals surface area contributed by atoms with Gasteiger partial charge in [-0.2, -0.15) is 4.39 Å². The number of pyridine rings is 1. The molecule has 1 aromatic heterocycles. The molecule has 0 aliphatic carbocycles. The van der Waals surface area contributed by atoms with Crippen LogP contribution < -0.4 is 10.5 Å². The lowest BCUT2D eigenvalue weighted by Gasteiger charge is -2.27. The van der Waals surface area contributed by atoms with E-state index in [1.165, 1.54) is 6.20 Å². The molecule has 1 unspecified atom stereocenters. The molecule has 3 N–H and O–H groups in total. The minimum absolute atomic E-state index is 0.0815. The van der Waals surface area contributed by atoms with Gasteiger partial charge in [-0.1, -0.05) is 24.3 Å². The first-order chi connectivity index (χ1) is 15.8. The van der Waals surface area contributed by atoms with E-state index in [-0.39, 0.29) is 25.2 Å². The van der Waals surface area contributed by atoms with E-state index in [0.717, 1.165) is 28.0 Å². The van der Waals surface area contributed by atoms with Crippen molar-refractivity contribution in [3.05, 3.63) is 83.4 Å². The van der Waals surface area contributed by atoms with Crippen molar-refractivity contribution in [1.82, 2.24) is 4.98 Å². The molecule has 2 heterocycles. The van der Waals surface area contributed by atoms with Crippen LogP contribution in [-0.4, -0.2) is 35.3 Å². The predicted molar refractivity (Wildman–Crippen MR) is 124 cm³/mol. The van der Waals surface area contributed by atoms with E-state index >= 15 is 0 Å². The van der Waals surface area contributed by atoms with E-state index in [0.29, 0.717) is 5.56 Å². The van der Waals surface area contributed by atoms with Gasteiger partial charge in [-0.15, -0.1) is 0 Å². The van der Waals surface area contributed by atoms with Crippen molar-refractivity contribution in [3.63, 3.8) is 0 Å². The zero-order valence-electron chi connectivity index (χ0n) is 18.7. The minimum atomic E-state index is -0.820. The molecule has 0 bridgehead atoms. The molecule has 1 aliphatic rings. The smallest absolute Gasteiger partial charge is 0.290 e. The van der Waals surface area contributed by atoms with Gasteiger partial charge in [-0.05, 0) is 73.4 Å². The summed E-state index contributed by atoms with van der Waals surface area (Å²) in [7, 11) is 0. The standard InChI is InChI=1S/C24H24FN3O2.CH2O2/c1-15(2)30-21-10-9-19(12-16(21)3)24(14-29-23(26)28-24)18-7-4-6-17(13-18)20-8-5-11-27-22(20)25;2-1-3/h4-13,15H,14H2,1-3H3,(H2,26,28);1H,(H,2,3). The first-order valence-electron chi connectivity index (χ1n) is 10.4. The molecule has 172 valence electrons. The van der Waals surface area contributed by atoms with Crippen LogP contribution in [0.4, 0.5) is 4.39 Å². The number of aromatic nitrogens is 1. The molecule has 1 aliphatic heterocycles. The van der Waals surface area contributed by atoms with Crippen LogP contribution in [0.3, 0.4) is 0 Å². The Morgan fingerprint density at radius 3 is 2.52 bits per heavy atom. The molecule has 0 fully saturated rings. The van der Waals surface area contributed by atoms with Gasteiger partial charge in [0, 0.05) is 11.8 Å². The molecule has 8 heteroatoms. The number of nitrogens with two attached hydrogens (primary N) is 1. The van der Waals surface area contributed by atoms with E-state index in [2.05, 4.69) is 9.98 Å². The number of aryl methyl sites for hydroxylation is 1. The fourth-order valence-electron chi connectivity index (χ4n) is 3.73. The maximum Gasteiger partial charge on any atom is 0.290 e. The van der Waals surface area contributed by atoms with E-state index in [9.17, 15) is 4.39 Å². The van der Waals surface area contributed by atoms with Crippen LogP contribution in [0.2, 0.25) is 0 Å². The summed E-state index contributed by atoms with van der Waals surface area (Å²) in [6.07, 6.45) is 1.52. The lowest BCUT2D eigenvalue weighted by Crippen LogP contribution is -2.27. The molecule has 0 amide bonds. The van der Waals surface area contributed by atoms with Crippen molar-refractivity contribution in [3.8, 4) is 16.9 Å². The molecule has 1 atom stereocenters. The SMILES string of the molecule is Cc1cc(C2(c3cccc(-c4cccnc4F)c3)COC(N)=N2)ccc1OC(C)C.O=CO. The van der Waals surface area contributed by atoms with E-state index in [1.807, 2.05) is 63.2 Å². The van der Waals surface area contributed by atoms with Gasteiger partial charge < -0.3 is 20.3 Å². The largest absolute Gasteiger partial charge is 0.491 e. The minimum Gasteiger partial charge on any atom is -0.491 e. The van der Waals surface area contributed by atoms with Crippen molar-refractivity contribution in [2.24, 2.45) is 10.7 Å². The number of nitrogens with zero attached hydrogens (tertiary/aromatic N) is 2. The Balaban J connectivity index is 0.000000968. The summed E-state index contributed by atoms with van der Waals surface area (Å²) in [6.45, 7) is 6.00. The Morgan fingerprint density at radius 1 is 1.18 bits per heavy atom. The number of aliphatic imine (C=N–C) groups is 1. The number of benzene rings is 2. The maximum absolute atomic E-state index is 14.3. The Morgan fingerprint density at radius 2 is 1.91 bits per heavy atom. The molecule has 0 saturated heterocycles. The number of carboxylic acid groups (broad SMARTS) is 1. The number of carbonyl (C=O) groups is 1. The highest BCUT2D eigenvalue weighted by atomic mass is 19.1. The lowest BCUT2D eigenvalue weighted by atomic mass is 9.82. The van der Waals surface area contributed by atoms with Crippen LogP contribution >= 0.6 is 0 Å². The monoisotopic (exact) mass is 451 g/mol. The third-order valence-electron chi connectivity index (χ3n) is 5.16. The Kier molecular flexibility index (Phi) is 7.27. The summed E-state index contributed by atoms with van der Waals surface area (Å²) in [4.78, 5) is 16.8. The molecule has 2 aromatic carbocycles. The topological polar surface area (TPSA) is 107 Å². The summed E-state index contributed by atoms with van der Waals surface area (Å²) >= 11 is 0. The average Bonchev–Trinajstić information content (AvgIpc) is 3.19. The molecule has 7 nitrogen and oxygen atoms in total. The fourth-order valence-corrected chi connectivity index (χ4v) is 3.73. The van der Waals surface area contributed by atoms with Crippen LogP contribution in [0.25, 0.3) is 11.1 Å². The first kappa shape index (κ1) is 23.7. The van der Waals surface area contributed by atoms with E-state index < -0.39 is 11.5 Å². The Labute approximate surface area is 191 Å². The summed E-state index contributed by atoms with van der Waals surface area (Å²) in [6, 6.07) is 17.1. The molecule has 0 saturated carbocycles. The summed E-state index contributed by atoms with van der Waals surface area (Å²) in [5, 5.41) is 6.89. The van der Waals surface area contributed by atoms with E-state index in [4.69, 9.17) is 25.1 Å². The third-order valence-corrected chi connectivity index (χ3v) is 5.16. The normalized spacial score (nSPS) is 16.9. The number of ether oxygens (including phenoxy) is 2. The Hall–Kier alpha value is -3.94. The van der Waals surface area contributed by atoms with Gasteiger partial charge in [0.15, 0.2) is 5.54 Å². The van der Waals surface area contributed by atoms with Crippen LogP contribution in [0.1, 0.15) is 30.5 Å². The molecule has 3 aromatic rings. The second-order valence-electron chi connectivity index (χ2n) is 7.77. The summed E-state index contributed by atoms with van der Waals surface area (Å²) in [5.74, 6) is 0.311. The molecule has 0 spiro atoms. The van der Waals surface area contributed by atoms with Gasteiger partial charge in [-0.3, -0.25) is 4.79 Å². The average molecular weight is 451 g/mol. The number of halogens is 1. The van der Waals surface area contributed by atoms with Gasteiger partial charge >= 0.3 is 0 Å². The maximum atomic E-state index is 14.3. The van der Waals surface area contributed by atoms with Gasteiger partial charge in [0.05, 0.1) is 6.10 Å². The van der Waals surface area contributed by atoms with Gasteiger partial charge in [0.1, 0.15) is 12.4 Å². The molecule has 0 radical (unpaired) electrons. The third kappa shape index (κ3) is 5.11. The van der Waals surface area contributed by atoms with Crippen molar-refractivity contribution in [1.29, 1.82) is 0 Å². The molecular formula is C25H26FN3O4. The second kappa shape index (κ2) is 10.1. The lowest BCUT2D eigenvalue weighted by molar-refractivity contribution is -0.122. The molecule has 33 heavy (non-hydrogen) atoms. The van der Waals surface area contributed by atoms with E-state index in [1.54, 1.807) is 12.1 Å². The fraction of sp³-hybridized carbons (Fsp3) is 0.240. The van der Waals surface area contributed by atoms with Crippen molar-refractivity contribution in [2.45, 2.75) is 32.4 Å². The number of hydrogen-bond acceptors (Lipinski definition) is 6. The number of amidine groups is 1. The van der Waals surface area contributed by atoms with Gasteiger partial charge in [-0.25, -0.2) is 9.98 Å². The molecule has 4 rings (SSSR count). The van der Waals surface area contributed by atoms with Crippen LogP contribution in [0.15, 0.2) is 65.8 Å². The highest BCUT2D eigenvalue weighted by Gasteiger charge is 2.40. The van der Waals surface area contributed by atoms with Crippen molar-refractivity contribution >= 4 is 12.5 Å². The van der Waals surface area contributed by atoms with Crippen LogP contribution in [0.5, 0.6) is 5.75 Å². The van der Waals surface area contributed by atoms with Crippen LogP contribution in [0, 0.1) is 12.9 Å². The number of rotatable bonds is 5. The van der Waals surface area contributed by atoms with Gasteiger partial charge in [0.2, 0.25) is 5.95 Å². The Bertz CT molecular complexity index is 1170. The number of hydrogen-bond donors (Lipinski definition) is 2. The summed E-state index contributed by atoms with van der Waals surface area (Å²) < 4.78 is 25.7. The van der Waals surface area contributed by atoms with Crippen LogP contribution in [-0.2, 0) is 15.1 Å². The van der Waals surface area contributed by atoms with Crippen molar-refractivity contribution < 1.29 is 23.8 Å². The highest BCUT2D eigenvalue weighted by Crippen LogP contribution is 2.40. The quantitative estimate of drug-likeness (QED) is 0.443.